The number of hydrogen-bond acceptors (Lipinski definition) is 3. The minimum absolute atomic E-state index is 0.0197. The Labute approximate surface area is 87.2 Å². The summed E-state index contributed by atoms with van der Waals surface area (Å²) in [5, 5.41) is 11.3. The van der Waals surface area contributed by atoms with Crippen molar-refractivity contribution in [1.82, 2.24) is 0 Å². The molecule has 82 valence electrons. The van der Waals surface area contributed by atoms with Crippen molar-refractivity contribution in [3.05, 3.63) is 29.6 Å². The Morgan fingerprint density at radius 2 is 2.20 bits per heavy atom. The van der Waals surface area contributed by atoms with Gasteiger partial charge in [0.15, 0.2) is 5.84 Å². The second-order valence-electron chi connectivity index (χ2n) is 3.26. The van der Waals surface area contributed by atoms with Crippen LogP contribution in [0.25, 0.3) is 0 Å². The largest absolute Gasteiger partial charge is 0.490 e. The number of oxime groups is 1. The fourth-order valence-corrected chi connectivity index (χ4v) is 1.16. The molecule has 0 amide bonds. The molecule has 5 heteroatoms. The Bertz CT molecular complexity index is 378. The van der Waals surface area contributed by atoms with Gasteiger partial charge in [-0.1, -0.05) is 11.2 Å². The predicted octanol–water partition coefficient (Wildman–Crippen LogP) is 1.71. The smallest absolute Gasteiger partial charge is 0.176 e. The molecule has 0 heterocycles. The summed E-state index contributed by atoms with van der Waals surface area (Å²) in [6, 6.07) is 4.29. The van der Waals surface area contributed by atoms with Crippen LogP contribution in [0.2, 0.25) is 0 Å². The van der Waals surface area contributed by atoms with E-state index in [-0.39, 0.29) is 23.3 Å². The summed E-state index contributed by atoms with van der Waals surface area (Å²) in [7, 11) is 0. The van der Waals surface area contributed by atoms with E-state index in [1.807, 2.05) is 0 Å². The standard InChI is InChI=1S/C10H13FN2O2/c1-6(2)15-8-5-3-4-7(11)9(8)10(12)13-14/h3-6,14H,1-2H3,(H2,12,13). The molecular formula is C10H13FN2O2. The Morgan fingerprint density at radius 1 is 1.53 bits per heavy atom. The van der Waals surface area contributed by atoms with Crippen molar-refractivity contribution in [2.45, 2.75) is 20.0 Å². The molecule has 0 fully saturated rings. The lowest BCUT2D eigenvalue weighted by Gasteiger charge is -2.13. The van der Waals surface area contributed by atoms with Crippen molar-refractivity contribution in [2.75, 3.05) is 0 Å². The van der Waals surface area contributed by atoms with Crippen LogP contribution >= 0.6 is 0 Å². The maximum absolute atomic E-state index is 13.4. The highest BCUT2D eigenvalue weighted by atomic mass is 19.1. The number of ether oxygens (including phenoxy) is 1. The zero-order chi connectivity index (χ0) is 11.4. The summed E-state index contributed by atoms with van der Waals surface area (Å²) < 4.78 is 18.7. The molecule has 1 rings (SSSR count). The van der Waals surface area contributed by atoms with Crippen LogP contribution in [0.15, 0.2) is 23.4 Å². The number of hydrogen-bond donors (Lipinski definition) is 2. The van der Waals surface area contributed by atoms with E-state index < -0.39 is 5.82 Å². The Hall–Kier alpha value is -1.78. The zero-order valence-corrected chi connectivity index (χ0v) is 8.57. The molecule has 0 unspecified atom stereocenters. The second kappa shape index (κ2) is 4.63. The topological polar surface area (TPSA) is 67.8 Å². The monoisotopic (exact) mass is 212 g/mol. The summed E-state index contributed by atoms with van der Waals surface area (Å²) in [4.78, 5) is 0. The molecule has 0 atom stereocenters. The van der Waals surface area contributed by atoms with E-state index in [0.717, 1.165) is 0 Å². The number of rotatable bonds is 3. The fourth-order valence-electron chi connectivity index (χ4n) is 1.16. The molecule has 1 aromatic rings. The molecule has 3 N–H and O–H groups in total. The molecule has 0 aliphatic heterocycles. The molecule has 1 aromatic carbocycles. The van der Waals surface area contributed by atoms with Crippen LogP contribution in [0.4, 0.5) is 4.39 Å². The van der Waals surface area contributed by atoms with Crippen molar-refractivity contribution < 1.29 is 14.3 Å². The van der Waals surface area contributed by atoms with Gasteiger partial charge in [0.25, 0.3) is 0 Å². The van der Waals surface area contributed by atoms with Gasteiger partial charge < -0.3 is 15.7 Å². The van der Waals surface area contributed by atoms with Gasteiger partial charge in [-0.05, 0) is 26.0 Å². The van der Waals surface area contributed by atoms with Gasteiger partial charge in [0, 0.05) is 0 Å². The molecular weight excluding hydrogens is 199 g/mol. The summed E-state index contributed by atoms with van der Waals surface area (Å²) in [5.41, 5.74) is 5.33. The molecule has 15 heavy (non-hydrogen) atoms. The van der Waals surface area contributed by atoms with Gasteiger partial charge in [-0.15, -0.1) is 0 Å². The van der Waals surface area contributed by atoms with Crippen LogP contribution in [0, 0.1) is 5.82 Å². The third-order valence-corrected chi connectivity index (χ3v) is 1.70. The molecule has 0 aliphatic rings. The van der Waals surface area contributed by atoms with Gasteiger partial charge in [0.05, 0.1) is 11.7 Å². The minimum Gasteiger partial charge on any atom is -0.490 e. The van der Waals surface area contributed by atoms with Gasteiger partial charge in [-0.25, -0.2) is 4.39 Å². The number of amidine groups is 1. The Morgan fingerprint density at radius 3 is 2.73 bits per heavy atom. The van der Waals surface area contributed by atoms with E-state index in [1.54, 1.807) is 19.9 Å². The van der Waals surface area contributed by atoms with E-state index >= 15 is 0 Å². The lowest BCUT2D eigenvalue weighted by atomic mass is 10.1. The van der Waals surface area contributed by atoms with Gasteiger partial charge in [-0.2, -0.15) is 0 Å². The first kappa shape index (κ1) is 11.3. The lowest BCUT2D eigenvalue weighted by molar-refractivity contribution is 0.240. The molecule has 4 nitrogen and oxygen atoms in total. The molecule has 0 bridgehead atoms. The van der Waals surface area contributed by atoms with Crippen LogP contribution in [0.3, 0.4) is 0 Å². The average Bonchev–Trinajstić information content (AvgIpc) is 2.16. The third kappa shape index (κ3) is 2.59. The van der Waals surface area contributed by atoms with Crippen molar-refractivity contribution in [1.29, 1.82) is 0 Å². The summed E-state index contributed by atoms with van der Waals surface area (Å²) in [6.07, 6.45) is -0.114. The molecule has 0 radical (unpaired) electrons. The fraction of sp³-hybridized carbons (Fsp3) is 0.300. The molecule has 0 spiro atoms. The van der Waals surface area contributed by atoms with Gasteiger partial charge >= 0.3 is 0 Å². The van der Waals surface area contributed by atoms with Crippen molar-refractivity contribution >= 4 is 5.84 Å². The average molecular weight is 212 g/mol. The lowest BCUT2D eigenvalue weighted by Crippen LogP contribution is -2.18. The van der Waals surface area contributed by atoms with Crippen LogP contribution in [0.1, 0.15) is 19.4 Å². The Kier molecular flexibility index (Phi) is 3.49. The second-order valence-corrected chi connectivity index (χ2v) is 3.26. The van der Waals surface area contributed by atoms with Crippen LogP contribution in [-0.4, -0.2) is 17.1 Å². The van der Waals surface area contributed by atoms with E-state index in [0.29, 0.717) is 0 Å². The normalized spacial score (nSPS) is 11.9. The number of benzene rings is 1. The maximum Gasteiger partial charge on any atom is 0.176 e. The van der Waals surface area contributed by atoms with E-state index in [2.05, 4.69) is 5.16 Å². The highest BCUT2D eigenvalue weighted by molar-refractivity contribution is 5.99. The van der Waals surface area contributed by atoms with Gasteiger partial charge in [0.2, 0.25) is 0 Å². The number of nitrogens with zero attached hydrogens (tertiary/aromatic N) is 1. The van der Waals surface area contributed by atoms with Gasteiger partial charge in [0.1, 0.15) is 11.6 Å². The Balaban J connectivity index is 3.20. The first-order valence-corrected chi connectivity index (χ1v) is 4.49. The van der Waals surface area contributed by atoms with Crippen molar-refractivity contribution in [2.24, 2.45) is 10.9 Å². The number of halogens is 1. The zero-order valence-electron chi connectivity index (χ0n) is 8.57. The van der Waals surface area contributed by atoms with Crippen molar-refractivity contribution in [3.8, 4) is 5.75 Å². The third-order valence-electron chi connectivity index (χ3n) is 1.70. The van der Waals surface area contributed by atoms with Crippen LogP contribution in [0.5, 0.6) is 5.75 Å². The summed E-state index contributed by atoms with van der Waals surface area (Å²) in [6.45, 7) is 3.61. The highest BCUT2D eigenvalue weighted by Gasteiger charge is 2.14. The SMILES string of the molecule is CC(C)Oc1cccc(F)c1C(N)=NO. The first-order chi connectivity index (χ1) is 7.06. The summed E-state index contributed by atoms with van der Waals surface area (Å²) in [5.74, 6) is -0.618. The molecule has 0 aliphatic carbocycles. The van der Waals surface area contributed by atoms with Crippen molar-refractivity contribution in [3.63, 3.8) is 0 Å². The van der Waals surface area contributed by atoms with Crippen LogP contribution < -0.4 is 10.5 Å². The molecule has 0 saturated heterocycles. The maximum atomic E-state index is 13.4. The van der Waals surface area contributed by atoms with Gasteiger partial charge in [-0.3, -0.25) is 0 Å². The van der Waals surface area contributed by atoms with E-state index in [4.69, 9.17) is 15.7 Å². The van der Waals surface area contributed by atoms with E-state index in [1.165, 1.54) is 12.1 Å². The van der Waals surface area contributed by atoms with E-state index in [9.17, 15) is 4.39 Å². The highest BCUT2D eigenvalue weighted by Crippen LogP contribution is 2.22. The minimum atomic E-state index is -0.580. The quantitative estimate of drug-likeness (QED) is 0.347. The summed E-state index contributed by atoms with van der Waals surface area (Å²) >= 11 is 0. The first-order valence-electron chi connectivity index (χ1n) is 4.49. The predicted molar refractivity (Wildman–Crippen MR) is 54.7 cm³/mol. The molecule has 0 saturated carbocycles. The number of nitrogens with two attached hydrogens (primary N) is 1. The molecule has 0 aromatic heterocycles. The van der Waals surface area contributed by atoms with Crippen LogP contribution in [-0.2, 0) is 0 Å².